The SMILES string of the molecule is CC1CCC(=O)N(CCC(N)C(=O)O)C1. The molecular formula is C10H18N2O3. The van der Waals surface area contributed by atoms with Crippen LogP contribution in [0.3, 0.4) is 0 Å². The van der Waals surface area contributed by atoms with Gasteiger partial charge in [-0.3, -0.25) is 9.59 Å². The van der Waals surface area contributed by atoms with Gasteiger partial charge in [0.05, 0.1) is 0 Å². The lowest BCUT2D eigenvalue weighted by Crippen LogP contribution is -2.42. The average Bonchev–Trinajstić information content (AvgIpc) is 2.18. The number of carboxylic acids is 1. The number of nitrogens with two attached hydrogens (primary N) is 1. The molecule has 0 saturated carbocycles. The largest absolute Gasteiger partial charge is 0.480 e. The number of carboxylic acid groups (broad SMARTS) is 1. The van der Waals surface area contributed by atoms with E-state index < -0.39 is 12.0 Å². The quantitative estimate of drug-likeness (QED) is 0.692. The number of hydrogen-bond acceptors (Lipinski definition) is 3. The highest BCUT2D eigenvalue weighted by molar-refractivity contribution is 5.77. The molecule has 0 spiro atoms. The van der Waals surface area contributed by atoms with Gasteiger partial charge in [-0.2, -0.15) is 0 Å². The topological polar surface area (TPSA) is 83.6 Å². The van der Waals surface area contributed by atoms with E-state index in [1.165, 1.54) is 0 Å². The lowest BCUT2D eigenvalue weighted by atomic mass is 9.99. The summed E-state index contributed by atoms with van der Waals surface area (Å²) in [6.45, 7) is 3.28. The molecule has 1 amide bonds. The average molecular weight is 214 g/mol. The van der Waals surface area contributed by atoms with Crippen molar-refractivity contribution in [3.8, 4) is 0 Å². The Balaban J connectivity index is 2.36. The third-order valence-corrected chi connectivity index (χ3v) is 2.76. The monoisotopic (exact) mass is 214 g/mol. The second-order valence-corrected chi connectivity index (χ2v) is 4.22. The van der Waals surface area contributed by atoms with Crippen molar-refractivity contribution < 1.29 is 14.7 Å². The molecule has 3 N–H and O–H groups in total. The maximum Gasteiger partial charge on any atom is 0.320 e. The summed E-state index contributed by atoms with van der Waals surface area (Å²) < 4.78 is 0. The standard InChI is InChI=1S/C10H18N2O3/c1-7-2-3-9(13)12(6-7)5-4-8(11)10(14)15/h7-8H,2-6,11H2,1H3,(H,14,15). The number of likely N-dealkylation sites (tertiary alicyclic amines) is 1. The summed E-state index contributed by atoms with van der Waals surface area (Å²) in [7, 11) is 0. The number of rotatable bonds is 4. The number of carbonyl (C=O) groups is 2. The minimum Gasteiger partial charge on any atom is -0.480 e. The van der Waals surface area contributed by atoms with Crippen LogP contribution in [0.1, 0.15) is 26.2 Å². The molecule has 1 saturated heterocycles. The van der Waals surface area contributed by atoms with Crippen LogP contribution in [0.5, 0.6) is 0 Å². The lowest BCUT2D eigenvalue weighted by molar-refractivity contribution is -0.140. The summed E-state index contributed by atoms with van der Waals surface area (Å²) in [5, 5.41) is 8.60. The molecule has 2 atom stereocenters. The predicted molar refractivity (Wildman–Crippen MR) is 55.2 cm³/mol. The third kappa shape index (κ3) is 3.51. The first-order valence-electron chi connectivity index (χ1n) is 5.27. The van der Waals surface area contributed by atoms with Crippen LogP contribution in [0, 0.1) is 5.92 Å². The van der Waals surface area contributed by atoms with Gasteiger partial charge in [0.1, 0.15) is 6.04 Å². The third-order valence-electron chi connectivity index (χ3n) is 2.76. The Morgan fingerprint density at radius 3 is 3.00 bits per heavy atom. The van der Waals surface area contributed by atoms with Gasteiger partial charge in [0.15, 0.2) is 0 Å². The Labute approximate surface area is 89.2 Å². The molecule has 5 nitrogen and oxygen atoms in total. The van der Waals surface area contributed by atoms with Gasteiger partial charge in [0, 0.05) is 19.5 Å². The van der Waals surface area contributed by atoms with E-state index in [2.05, 4.69) is 6.92 Å². The van der Waals surface area contributed by atoms with Crippen LogP contribution in [0.15, 0.2) is 0 Å². The van der Waals surface area contributed by atoms with Crippen LogP contribution < -0.4 is 5.73 Å². The highest BCUT2D eigenvalue weighted by atomic mass is 16.4. The lowest BCUT2D eigenvalue weighted by Gasteiger charge is -2.31. The van der Waals surface area contributed by atoms with E-state index in [4.69, 9.17) is 10.8 Å². The Bertz CT molecular complexity index is 255. The Morgan fingerprint density at radius 2 is 2.40 bits per heavy atom. The van der Waals surface area contributed by atoms with E-state index in [0.717, 1.165) is 13.0 Å². The smallest absolute Gasteiger partial charge is 0.320 e. The van der Waals surface area contributed by atoms with Crippen molar-refractivity contribution in [3.63, 3.8) is 0 Å². The highest BCUT2D eigenvalue weighted by Gasteiger charge is 2.23. The van der Waals surface area contributed by atoms with E-state index in [0.29, 0.717) is 25.3 Å². The fourth-order valence-electron chi connectivity index (χ4n) is 1.73. The molecule has 0 aliphatic carbocycles. The molecule has 2 unspecified atom stereocenters. The number of aliphatic carboxylic acids is 1. The van der Waals surface area contributed by atoms with Crippen molar-refractivity contribution in [2.45, 2.75) is 32.2 Å². The fourth-order valence-corrected chi connectivity index (χ4v) is 1.73. The molecule has 1 aliphatic rings. The summed E-state index contributed by atoms with van der Waals surface area (Å²) in [6, 6.07) is -0.866. The summed E-state index contributed by atoms with van der Waals surface area (Å²) in [4.78, 5) is 23.7. The molecule has 5 heteroatoms. The van der Waals surface area contributed by atoms with Gasteiger partial charge >= 0.3 is 5.97 Å². The molecule has 0 aromatic rings. The van der Waals surface area contributed by atoms with Crippen LogP contribution in [0.2, 0.25) is 0 Å². The summed E-state index contributed by atoms with van der Waals surface area (Å²) in [5.41, 5.74) is 5.38. The van der Waals surface area contributed by atoms with Crippen molar-refractivity contribution in [3.05, 3.63) is 0 Å². The van der Waals surface area contributed by atoms with Gasteiger partial charge in [-0.25, -0.2) is 0 Å². The molecule has 1 aliphatic heterocycles. The zero-order chi connectivity index (χ0) is 11.4. The number of nitrogens with zero attached hydrogens (tertiary/aromatic N) is 1. The van der Waals surface area contributed by atoms with Gasteiger partial charge in [0.25, 0.3) is 0 Å². The minimum atomic E-state index is -1.01. The summed E-state index contributed by atoms with van der Waals surface area (Å²) >= 11 is 0. The molecule has 86 valence electrons. The number of hydrogen-bond donors (Lipinski definition) is 2. The van der Waals surface area contributed by atoms with Crippen molar-refractivity contribution in [2.24, 2.45) is 11.7 Å². The van der Waals surface area contributed by atoms with Gasteiger partial charge in [-0.05, 0) is 18.8 Å². The van der Waals surface area contributed by atoms with Crippen LogP contribution in [0.4, 0.5) is 0 Å². The highest BCUT2D eigenvalue weighted by Crippen LogP contribution is 2.16. The van der Waals surface area contributed by atoms with Gasteiger partial charge < -0.3 is 15.7 Å². The molecule has 0 radical (unpaired) electrons. The van der Waals surface area contributed by atoms with E-state index in [9.17, 15) is 9.59 Å². The first kappa shape index (κ1) is 12.0. The number of amides is 1. The van der Waals surface area contributed by atoms with E-state index in [1.54, 1.807) is 4.90 Å². The van der Waals surface area contributed by atoms with Crippen molar-refractivity contribution in [2.75, 3.05) is 13.1 Å². The molecule has 1 fully saturated rings. The minimum absolute atomic E-state index is 0.116. The molecular weight excluding hydrogens is 196 g/mol. The normalized spacial score (nSPS) is 24.0. The molecule has 0 bridgehead atoms. The molecule has 0 aromatic heterocycles. The maximum atomic E-state index is 11.5. The molecule has 1 rings (SSSR count). The van der Waals surface area contributed by atoms with Crippen LogP contribution in [-0.2, 0) is 9.59 Å². The van der Waals surface area contributed by atoms with Gasteiger partial charge in [0.2, 0.25) is 5.91 Å². The first-order chi connectivity index (χ1) is 7.00. The van der Waals surface area contributed by atoms with Crippen molar-refractivity contribution >= 4 is 11.9 Å². The van der Waals surface area contributed by atoms with Crippen LogP contribution in [0.25, 0.3) is 0 Å². The van der Waals surface area contributed by atoms with Crippen LogP contribution >= 0.6 is 0 Å². The number of carbonyl (C=O) groups excluding carboxylic acids is 1. The van der Waals surface area contributed by atoms with Crippen LogP contribution in [-0.4, -0.2) is 41.0 Å². The summed E-state index contributed by atoms with van der Waals surface area (Å²) in [5.74, 6) is -0.387. The Kier molecular flexibility index (Phi) is 4.08. The fraction of sp³-hybridized carbons (Fsp3) is 0.800. The van der Waals surface area contributed by atoms with Crippen molar-refractivity contribution in [1.29, 1.82) is 0 Å². The van der Waals surface area contributed by atoms with E-state index in [-0.39, 0.29) is 5.91 Å². The van der Waals surface area contributed by atoms with E-state index >= 15 is 0 Å². The maximum absolute atomic E-state index is 11.5. The first-order valence-corrected chi connectivity index (χ1v) is 5.27. The van der Waals surface area contributed by atoms with E-state index in [1.807, 2.05) is 0 Å². The van der Waals surface area contributed by atoms with Gasteiger partial charge in [-0.15, -0.1) is 0 Å². The zero-order valence-corrected chi connectivity index (χ0v) is 8.98. The summed E-state index contributed by atoms with van der Waals surface area (Å²) in [6.07, 6.45) is 1.83. The van der Waals surface area contributed by atoms with Gasteiger partial charge in [-0.1, -0.05) is 6.92 Å². The Morgan fingerprint density at radius 1 is 1.73 bits per heavy atom. The number of piperidine rings is 1. The zero-order valence-electron chi connectivity index (χ0n) is 8.98. The Hall–Kier alpha value is -1.10. The molecule has 0 aromatic carbocycles. The second kappa shape index (κ2) is 5.11. The molecule has 15 heavy (non-hydrogen) atoms. The van der Waals surface area contributed by atoms with Crippen molar-refractivity contribution in [1.82, 2.24) is 4.90 Å². The predicted octanol–water partition coefficient (Wildman–Crippen LogP) is 0.0469. The second-order valence-electron chi connectivity index (χ2n) is 4.22. The molecule has 1 heterocycles.